The second-order valence-electron chi connectivity index (χ2n) is 7.51. The van der Waals surface area contributed by atoms with Crippen LogP contribution in [0.3, 0.4) is 0 Å². The molecule has 0 bridgehead atoms. The lowest BCUT2D eigenvalue weighted by atomic mass is 10.1. The molecule has 0 saturated heterocycles. The van der Waals surface area contributed by atoms with Crippen LogP contribution in [-0.2, 0) is 6.54 Å². The summed E-state index contributed by atoms with van der Waals surface area (Å²) in [5, 5.41) is 6.58. The summed E-state index contributed by atoms with van der Waals surface area (Å²) >= 11 is 1.67. The van der Waals surface area contributed by atoms with Gasteiger partial charge in [-0.2, -0.15) is 0 Å². The van der Waals surface area contributed by atoms with E-state index in [2.05, 4.69) is 69.2 Å². The van der Waals surface area contributed by atoms with Crippen molar-refractivity contribution in [2.24, 2.45) is 0 Å². The average Bonchev–Trinajstić information content (AvgIpc) is 3.34. The number of benzene rings is 3. The Labute approximate surface area is 191 Å². The number of nitrogens with zero attached hydrogens (tertiary/aromatic N) is 3. The van der Waals surface area contributed by atoms with Crippen LogP contribution in [0, 0.1) is 6.92 Å². The van der Waals surface area contributed by atoms with E-state index in [0.29, 0.717) is 6.54 Å². The van der Waals surface area contributed by atoms with Crippen LogP contribution in [0.5, 0.6) is 0 Å². The summed E-state index contributed by atoms with van der Waals surface area (Å²) in [5.74, 6) is 1.58. The third-order valence-electron chi connectivity index (χ3n) is 5.16. The monoisotopic (exact) mass is 434 g/mol. The van der Waals surface area contributed by atoms with Crippen LogP contribution < -0.4 is 5.32 Å². The molecule has 5 rings (SSSR count). The number of aromatic nitrogens is 3. The van der Waals surface area contributed by atoms with Gasteiger partial charge in [0.25, 0.3) is 0 Å². The number of nitrogens with one attached hydrogen (secondary N) is 1. The van der Waals surface area contributed by atoms with Gasteiger partial charge in [0.2, 0.25) is 0 Å². The Kier molecular flexibility index (Phi) is 5.73. The molecule has 3 aromatic carbocycles. The second kappa shape index (κ2) is 9.12. The molecule has 2 heterocycles. The highest BCUT2D eigenvalue weighted by atomic mass is 32.1. The molecule has 0 radical (unpaired) electrons. The first kappa shape index (κ1) is 20.1. The predicted molar refractivity (Wildman–Crippen MR) is 133 cm³/mol. The van der Waals surface area contributed by atoms with E-state index in [4.69, 9.17) is 4.98 Å². The number of thiazole rings is 1. The zero-order valence-corrected chi connectivity index (χ0v) is 18.5. The molecule has 32 heavy (non-hydrogen) atoms. The molecule has 0 unspecified atom stereocenters. The van der Waals surface area contributed by atoms with Crippen molar-refractivity contribution in [2.45, 2.75) is 13.5 Å². The molecule has 5 aromatic rings. The summed E-state index contributed by atoms with van der Waals surface area (Å²) in [5.41, 5.74) is 6.49. The Balaban J connectivity index is 1.28. The zero-order chi connectivity index (χ0) is 21.8. The summed E-state index contributed by atoms with van der Waals surface area (Å²) in [4.78, 5) is 13.9. The van der Waals surface area contributed by atoms with Crippen LogP contribution in [0.25, 0.3) is 33.1 Å². The van der Waals surface area contributed by atoms with Crippen LogP contribution >= 0.6 is 11.3 Å². The van der Waals surface area contributed by atoms with Gasteiger partial charge < -0.3 is 5.32 Å². The van der Waals surface area contributed by atoms with E-state index < -0.39 is 0 Å². The summed E-state index contributed by atoms with van der Waals surface area (Å²) in [6.45, 7) is 2.61. The van der Waals surface area contributed by atoms with Crippen molar-refractivity contribution in [2.75, 3.05) is 5.32 Å². The number of rotatable bonds is 6. The van der Waals surface area contributed by atoms with E-state index in [0.717, 1.165) is 44.7 Å². The second-order valence-corrected chi connectivity index (χ2v) is 8.36. The fourth-order valence-electron chi connectivity index (χ4n) is 3.52. The zero-order valence-electron chi connectivity index (χ0n) is 17.7. The number of hydrogen-bond donors (Lipinski definition) is 1. The van der Waals surface area contributed by atoms with E-state index in [-0.39, 0.29) is 0 Å². The predicted octanol–water partition coefficient (Wildman–Crippen LogP) is 6.85. The Morgan fingerprint density at radius 2 is 1.34 bits per heavy atom. The Morgan fingerprint density at radius 3 is 2.03 bits per heavy atom. The molecule has 0 saturated carbocycles. The van der Waals surface area contributed by atoms with Gasteiger partial charge in [0, 0.05) is 34.7 Å². The molecular formula is C27H22N4S. The molecule has 0 aliphatic carbocycles. The molecule has 2 aromatic heterocycles. The molecule has 0 aliphatic heterocycles. The highest BCUT2D eigenvalue weighted by Crippen LogP contribution is 2.29. The molecule has 4 nitrogen and oxygen atoms in total. The van der Waals surface area contributed by atoms with Gasteiger partial charge in [-0.3, -0.25) is 0 Å². The molecule has 0 spiro atoms. The summed E-state index contributed by atoms with van der Waals surface area (Å²) in [6, 6.07) is 31.0. The number of hydrogen-bond acceptors (Lipinski definition) is 5. The summed E-state index contributed by atoms with van der Waals surface area (Å²) < 4.78 is 0. The highest BCUT2D eigenvalue weighted by molar-refractivity contribution is 7.13. The van der Waals surface area contributed by atoms with Crippen molar-refractivity contribution in [1.29, 1.82) is 0 Å². The maximum atomic E-state index is 4.81. The van der Waals surface area contributed by atoms with Crippen molar-refractivity contribution < 1.29 is 0 Å². The van der Waals surface area contributed by atoms with Gasteiger partial charge >= 0.3 is 0 Å². The molecule has 0 fully saturated rings. The standard InChI is InChI=1S/C27H22N4S/c1-19-29-24(21-8-4-2-5-9-21)16-26(30-19)28-17-20-12-14-23(15-13-20)27-31-25(18-32-27)22-10-6-3-7-11-22/h2-16,18H,17H2,1H3,(H,28,29,30). The van der Waals surface area contributed by atoms with Crippen LogP contribution in [0.2, 0.25) is 0 Å². The minimum atomic E-state index is 0.693. The normalized spacial score (nSPS) is 10.8. The van der Waals surface area contributed by atoms with Crippen LogP contribution in [0.1, 0.15) is 11.4 Å². The van der Waals surface area contributed by atoms with Gasteiger partial charge in [-0.25, -0.2) is 15.0 Å². The average molecular weight is 435 g/mol. The SMILES string of the molecule is Cc1nc(NCc2ccc(-c3nc(-c4ccccc4)cs3)cc2)cc(-c2ccccc2)n1. The molecule has 0 atom stereocenters. The van der Waals surface area contributed by atoms with Crippen molar-refractivity contribution in [3.63, 3.8) is 0 Å². The van der Waals surface area contributed by atoms with Crippen LogP contribution in [0.15, 0.2) is 96.4 Å². The molecule has 0 amide bonds. The van der Waals surface area contributed by atoms with Gasteiger partial charge in [-0.05, 0) is 12.5 Å². The first-order valence-electron chi connectivity index (χ1n) is 10.5. The topological polar surface area (TPSA) is 50.7 Å². The van der Waals surface area contributed by atoms with E-state index in [1.165, 1.54) is 5.56 Å². The lowest BCUT2D eigenvalue weighted by Gasteiger charge is -2.09. The number of aryl methyl sites for hydroxylation is 1. The van der Waals surface area contributed by atoms with Gasteiger partial charge in [-0.1, -0.05) is 84.9 Å². The van der Waals surface area contributed by atoms with E-state index in [1.54, 1.807) is 11.3 Å². The third-order valence-corrected chi connectivity index (χ3v) is 6.05. The highest BCUT2D eigenvalue weighted by Gasteiger charge is 2.07. The summed E-state index contributed by atoms with van der Waals surface area (Å²) in [6.07, 6.45) is 0. The summed E-state index contributed by atoms with van der Waals surface area (Å²) in [7, 11) is 0. The fraction of sp³-hybridized carbons (Fsp3) is 0.0741. The van der Waals surface area contributed by atoms with Crippen molar-refractivity contribution in [3.05, 3.63) is 108 Å². The third kappa shape index (κ3) is 4.58. The first-order valence-corrected chi connectivity index (χ1v) is 11.4. The minimum Gasteiger partial charge on any atom is -0.366 e. The molecule has 156 valence electrons. The Hall–Kier alpha value is -3.83. The molecule has 1 N–H and O–H groups in total. The van der Waals surface area contributed by atoms with E-state index >= 15 is 0 Å². The largest absolute Gasteiger partial charge is 0.366 e. The lowest BCUT2D eigenvalue weighted by molar-refractivity contribution is 1.03. The Morgan fingerprint density at radius 1 is 0.688 bits per heavy atom. The van der Waals surface area contributed by atoms with Crippen LogP contribution in [-0.4, -0.2) is 15.0 Å². The quantitative estimate of drug-likeness (QED) is 0.317. The lowest BCUT2D eigenvalue weighted by Crippen LogP contribution is -2.04. The molecular weight excluding hydrogens is 412 g/mol. The van der Waals surface area contributed by atoms with Crippen molar-refractivity contribution in [3.8, 4) is 33.1 Å². The smallest absolute Gasteiger partial charge is 0.130 e. The van der Waals surface area contributed by atoms with E-state index in [9.17, 15) is 0 Å². The molecule has 5 heteroatoms. The number of anilines is 1. The fourth-order valence-corrected chi connectivity index (χ4v) is 4.36. The minimum absolute atomic E-state index is 0.693. The Bertz CT molecular complexity index is 1310. The van der Waals surface area contributed by atoms with Gasteiger partial charge in [0.15, 0.2) is 0 Å². The van der Waals surface area contributed by atoms with Crippen molar-refractivity contribution in [1.82, 2.24) is 15.0 Å². The van der Waals surface area contributed by atoms with Crippen LogP contribution in [0.4, 0.5) is 5.82 Å². The maximum Gasteiger partial charge on any atom is 0.130 e. The first-order chi connectivity index (χ1) is 15.7. The molecule has 0 aliphatic rings. The van der Waals surface area contributed by atoms with Gasteiger partial charge in [0.05, 0.1) is 11.4 Å². The van der Waals surface area contributed by atoms with E-state index in [1.807, 2.05) is 49.4 Å². The van der Waals surface area contributed by atoms with Gasteiger partial charge in [0.1, 0.15) is 16.6 Å². The maximum absolute atomic E-state index is 4.81. The van der Waals surface area contributed by atoms with Gasteiger partial charge in [-0.15, -0.1) is 11.3 Å². The van der Waals surface area contributed by atoms with Crippen molar-refractivity contribution >= 4 is 17.2 Å².